The largest absolute Gasteiger partial charge is 0.326 e. The fourth-order valence-electron chi connectivity index (χ4n) is 4.52. The number of hydrogen-bond acceptors (Lipinski definition) is 2. The molecule has 2 aliphatic carbocycles. The van der Waals surface area contributed by atoms with E-state index in [9.17, 15) is 9.59 Å². The Morgan fingerprint density at radius 3 is 2.35 bits per heavy atom. The molecule has 1 aromatic carbocycles. The summed E-state index contributed by atoms with van der Waals surface area (Å²) in [5.74, 6) is 0.131. The maximum Gasteiger partial charge on any atom is 0.232 e. The summed E-state index contributed by atoms with van der Waals surface area (Å²) in [4.78, 5) is 25.5. The number of rotatable bonds is 2. The van der Waals surface area contributed by atoms with Crippen LogP contribution >= 0.6 is 15.9 Å². The number of amides is 1. The van der Waals surface area contributed by atoms with Crippen molar-refractivity contribution < 1.29 is 9.59 Å². The van der Waals surface area contributed by atoms with E-state index in [1.54, 1.807) is 0 Å². The van der Waals surface area contributed by atoms with Crippen LogP contribution in [0.1, 0.15) is 44.7 Å². The van der Waals surface area contributed by atoms with Gasteiger partial charge in [0.05, 0.1) is 10.2 Å². The van der Waals surface area contributed by atoms with Crippen molar-refractivity contribution in [1.29, 1.82) is 0 Å². The number of nitrogens with one attached hydrogen (secondary N) is 1. The number of aryl methyl sites for hydroxylation is 2. The zero-order chi connectivity index (χ0) is 17.2. The maximum atomic E-state index is 13.2. The summed E-state index contributed by atoms with van der Waals surface area (Å²) in [7, 11) is 0. The summed E-state index contributed by atoms with van der Waals surface area (Å²) in [6.45, 7) is 10.2. The van der Waals surface area contributed by atoms with Gasteiger partial charge in [0, 0.05) is 11.1 Å². The van der Waals surface area contributed by atoms with E-state index in [1.165, 1.54) is 5.56 Å². The van der Waals surface area contributed by atoms with Gasteiger partial charge in [-0.3, -0.25) is 9.59 Å². The second-order valence-corrected chi connectivity index (χ2v) is 8.82. The van der Waals surface area contributed by atoms with Crippen molar-refractivity contribution in [1.82, 2.24) is 0 Å². The highest BCUT2D eigenvalue weighted by molar-refractivity contribution is 9.10. The van der Waals surface area contributed by atoms with Gasteiger partial charge in [0.25, 0.3) is 0 Å². The molecule has 0 aromatic heterocycles. The second-order valence-electron chi connectivity index (χ2n) is 7.91. The fraction of sp³-hybridized carbons (Fsp3) is 0.579. The van der Waals surface area contributed by atoms with Crippen LogP contribution in [0.2, 0.25) is 0 Å². The summed E-state index contributed by atoms with van der Waals surface area (Å²) < 4.78 is 0. The summed E-state index contributed by atoms with van der Waals surface area (Å²) in [5.41, 5.74) is 1.67. The summed E-state index contributed by atoms with van der Waals surface area (Å²) in [5, 5.41) is 3.07. The molecule has 4 heteroatoms. The molecule has 0 radical (unpaired) electrons. The third kappa shape index (κ3) is 1.87. The van der Waals surface area contributed by atoms with E-state index in [2.05, 4.69) is 42.0 Å². The van der Waals surface area contributed by atoms with E-state index >= 15 is 0 Å². The summed E-state index contributed by atoms with van der Waals surface area (Å²) in [6, 6.07) is 5.93. The SMILES string of the molecule is Cc1ccc(NC(=O)C23CCC(C)(C(=O)C2Br)C3(C)C)cc1C. The highest BCUT2D eigenvalue weighted by Crippen LogP contribution is 2.72. The lowest BCUT2D eigenvalue weighted by Crippen LogP contribution is -2.48. The van der Waals surface area contributed by atoms with Crippen LogP contribution in [0, 0.1) is 30.1 Å². The molecule has 3 rings (SSSR count). The Kier molecular flexibility index (Phi) is 3.57. The lowest BCUT2D eigenvalue weighted by Gasteiger charge is -2.39. The molecule has 1 amide bonds. The van der Waals surface area contributed by atoms with E-state index in [-0.39, 0.29) is 17.1 Å². The molecule has 0 aliphatic heterocycles. The average molecular weight is 378 g/mol. The number of hydrogen-bond donors (Lipinski definition) is 1. The van der Waals surface area contributed by atoms with Gasteiger partial charge in [0.15, 0.2) is 5.78 Å². The predicted molar refractivity (Wildman–Crippen MR) is 95.8 cm³/mol. The van der Waals surface area contributed by atoms with Crippen LogP contribution in [0.3, 0.4) is 0 Å². The first kappa shape index (κ1) is 16.7. The van der Waals surface area contributed by atoms with Crippen molar-refractivity contribution in [3.8, 4) is 0 Å². The van der Waals surface area contributed by atoms with Crippen LogP contribution in [0.25, 0.3) is 0 Å². The molecule has 3 unspecified atom stereocenters. The van der Waals surface area contributed by atoms with Gasteiger partial charge in [0.1, 0.15) is 0 Å². The molecule has 3 atom stereocenters. The molecular formula is C19H24BrNO2. The van der Waals surface area contributed by atoms with Crippen LogP contribution in [-0.2, 0) is 9.59 Å². The lowest BCUT2D eigenvalue weighted by atomic mass is 9.64. The number of ketones is 1. The van der Waals surface area contributed by atoms with Gasteiger partial charge in [-0.1, -0.05) is 42.8 Å². The first-order valence-electron chi connectivity index (χ1n) is 8.15. The molecule has 124 valence electrons. The highest BCUT2D eigenvalue weighted by atomic mass is 79.9. The number of fused-ring (bicyclic) bond motifs is 2. The number of carbonyl (C=O) groups is 2. The minimum atomic E-state index is -0.683. The Balaban J connectivity index is 1.98. The van der Waals surface area contributed by atoms with Crippen molar-refractivity contribution in [3.05, 3.63) is 29.3 Å². The van der Waals surface area contributed by atoms with Crippen molar-refractivity contribution in [2.45, 2.75) is 52.3 Å². The van der Waals surface area contributed by atoms with Crippen molar-refractivity contribution >= 4 is 33.3 Å². The van der Waals surface area contributed by atoms with Crippen LogP contribution in [0.15, 0.2) is 18.2 Å². The predicted octanol–water partition coefficient (Wildman–Crippen LogP) is 4.40. The zero-order valence-corrected chi connectivity index (χ0v) is 16.0. The zero-order valence-electron chi connectivity index (χ0n) is 14.4. The van der Waals surface area contributed by atoms with Crippen molar-refractivity contribution in [2.24, 2.45) is 16.2 Å². The molecule has 2 bridgehead atoms. The molecule has 0 spiro atoms. The number of benzene rings is 1. The van der Waals surface area contributed by atoms with Gasteiger partial charge in [0.2, 0.25) is 5.91 Å². The number of anilines is 1. The Morgan fingerprint density at radius 1 is 1.17 bits per heavy atom. The Hall–Kier alpha value is -1.16. The number of Topliss-reactive ketones (excluding diaryl/α,β-unsaturated/α-hetero) is 1. The van der Waals surface area contributed by atoms with Crippen LogP contribution < -0.4 is 5.32 Å². The Morgan fingerprint density at radius 2 is 1.83 bits per heavy atom. The van der Waals surface area contributed by atoms with E-state index in [0.29, 0.717) is 0 Å². The molecule has 1 N–H and O–H groups in total. The molecule has 3 nitrogen and oxygen atoms in total. The number of halogens is 1. The third-order valence-corrected chi connectivity index (χ3v) is 8.09. The van der Waals surface area contributed by atoms with Gasteiger partial charge < -0.3 is 5.32 Å². The lowest BCUT2D eigenvalue weighted by molar-refractivity contribution is -0.130. The average Bonchev–Trinajstić information content (AvgIpc) is 2.75. The van der Waals surface area contributed by atoms with Gasteiger partial charge >= 0.3 is 0 Å². The first-order valence-corrected chi connectivity index (χ1v) is 9.06. The van der Waals surface area contributed by atoms with E-state index in [4.69, 9.17) is 0 Å². The monoisotopic (exact) mass is 377 g/mol. The standard InChI is InChI=1S/C19H24BrNO2/c1-11-6-7-13(10-12(11)2)21-16(23)19-9-8-18(5,17(19,3)4)15(22)14(19)20/h6-7,10,14H,8-9H2,1-5H3,(H,21,23). The smallest absolute Gasteiger partial charge is 0.232 e. The van der Waals surface area contributed by atoms with Crippen LogP contribution in [-0.4, -0.2) is 16.5 Å². The molecule has 0 heterocycles. The quantitative estimate of drug-likeness (QED) is 0.776. The minimum Gasteiger partial charge on any atom is -0.326 e. The summed E-state index contributed by atoms with van der Waals surface area (Å²) in [6.07, 6.45) is 1.52. The van der Waals surface area contributed by atoms with Crippen LogP contribution in [0.5, 0.6) is 0 Å². The van der Waals surface area contributed by atoms with Crippen molar-refractivity contribution in [3.63, 3.8) is 0 Å². The summed E-state index contributed by atoms with van der Waals surface area (Å²) >= 11 is 3.56. The molecule has 2 saturated carbocycles. The Labute approximate surface area is 146 Å². The normalized spacial score (nSPS) is 34.7. The topological polar surface area (TPSA) is 46.2 Å². The minimum absolute atomic E-state index is 0.0396. The van der Waals surface area contributed by atoms with Crippen LogP contribution in [0.4, 0.5) is 5.69 Å². The number of carbonyl (C=O) groups excluding carboxylic acids is 2. The van der Waals surface area contributed by atoms with Gasteiger partial charge in [-0.2, -0.15) is 0 Å². The molecule has 2 fully saturated rings. The van der Waals surface area contributed by atoms with Gasteiger partial charge in [-0.25, -0.2) is 0 Å². The second kappa shape index (κ2) is 4.92. The van der Waals surface area contributed by atoms with Gasteiger partial charge in [-0.15, -0.1) is 0 Å². The molecule has 0 saturated heterocycles. The van der Waals surface area contributed by atoms with E-state index < -0.39 is 15.7 Å². The first-order chi connectivity index (χ1) is 10.6. The Bertz CT molecular complexity index is 711. The molecule has 2 aliphatic rings. The fourth-order valence-corrected chi connectivity index (χ4v) is 6.03. The van der Waals surface area contributed by atoms with Gasteiger partial charge in [-0.05, 0) is 55.4 Å². The maximum absolute atomic E-state index is 13.2. The third-order valence-electron chi connectivity index (χ3n) is 6.89. The van der Waals surface area contributed by atoms with E-state index in [1.807, 2.05) is 32.0 Å². The molecule has 23 heavy (non-hydrogen) atoms. The molecule has 1 aromatic rings. The van der Waals surface area contributed by atoms with Crippen molar-refractivity contribution in [2.75, 3.05) is 5.32 Å². The van der Waals surface area contributed by atoms with E-state index in [0.717, 1.165) is 24.1 Å². The highest BCUT2D eigenvalue weighted by Gasteiger charge is 2.76. The number of alkyl halides is 1. The molecular weight excluding hydrogens is 354 g/mol.